The van der Waals surface area contributed by atoms with Gasteiger partial charge in [-0.05, 0) is 44.8 Å². The van der Waals surface area contributed by atoms with Gasteiger partial charge in [0.25, 0.3) is 0 Å². The molecule has 142 valence electrons. The van der Waals surface area contributed by atoms with E-state index in [1.54, 1.807) is 34.6 Å². The molecule has 0 aliphatic carbocycles. The Hall–Kier alpha value is -2.43. The van der Waals surface area contributed by atoms with Gasteiger partial charge < -0.3 is 15.5 Å². The topological polar surface area (TPSA) is 86.4 Å². The van der Waals surface area contributed by atoms with Crippen molar-refractivity contribution in [2.24, 2.45) is 0 Å². The van der Waals surface area contributed by atoms with Crippen molar-refractivity contribution < 1.29 is 9.59 Å². The number of carbonyl (C=O) groups is 2. The Morgan fingerprint density at radius 3 is 2.33 bits per heavy atom. The number of thiazole rings is 1. The zero-order valence-corrected chi connectivity index (χ0v) is 17.0. The molecule has 0 saturated carbocycles. The molecule has 3 rings (SSSR count). The fraction of sp³-hybridized carbons (Fsp3) is 0.235. The van der Waals surface area contributed by atoms with Crippen LogP contribution in [0.4, 0.5) is 14.7 Å². The highest BCUT2D eigenvalue weighted by Crippen LogP contribution is 2.16. The number of amides is 4. The van der Waals surface area contributed by atoms with E-state index in [-0.39, 0.29) is 12.1 Å². The van der Waals surface area contributed by atoms with Crippen LogP contribution in [-0.4, -0.2) is 29.0 Å². The SMILES string of the molecule is CN(Cc1csc(NC(=O)NCc2ccsc2)n1)C(=O)NCc1ccsc1. The predicted molar refractivity (Wildman–Crippen MR) is 110 cm³/mol. The Morgan fingerprint density at radius 1 is 1.04 bits per heavy atom. The normalized spacial score (nSPS) is 10.4. The van der Waals surface area contributed by atoms with E-state index in [0.717, 1.165) is 16.8 Å². The number of thiophene rings is 2. The van der Waals surface area contributed by atoms with Gasteiger partial charge in [0.1, 0.15) is 0 Å². The number of anilines is 1. The lowest BCUT2D eigenvalue weighted by Gasteiger charge is -2.16. The van der Waals surface area contributed by atoms with Crippen LogP contribution >= 0.6 is 34.0 Å². The fourth-order valence-electron chi connectivity index (χ4n) is 2.17. The summed E-state index contributed by atoms with van der Waals surface area (Å²) in [7, 11) is 1.71. The van der Waals surface area contributed by atoms with Crippen molar-refractivity contribution >= 4 is 51.2 Å². The van der Waals surface area contributed by atoms with Gasteiger partial charge in [0.15, 0.2) is 5.13 Å². The van der Waals surface area contributed by atoms with Crippen LogP contribution in [0.2, 0.25) is 0 Å². The molecule has 3 heterocycles. The molecule has 0 atom stereocenters. The van der Waals surface area contributed by atoms with Crippen LogP contribution < -0.4 is 16.0 Å². The fourth-order valence-corrected chi connectivity index (χ4v) is 4.21. The van der Waals surface area contributed by atoms with Crippen molar-refractivity contribution in [3.63, 3.8) is 0 Å². The number of aromatic nitrogens is 1. The Bertz CT molecular complexity index is 861. The van der Waals surface area contributed by atoms with Gasteiger partial charge in [-0.3, -0.25) is 5.32 Å². The Balaban J connectivity index is 1.42. The summed E-state index contributed by atoms with van der Waals surface area (Å²) in [5.74, 6) is 0. The average molecular weight is 422 g/mol. The van der Waals surface area contributed by atoms with Crippen LogP contribution in [0.25, 0.3) is 0 Å². The first-order valence-corrected chi connectivity index (χ1v) is 10.9. The molecule has 7 nitrogen and oxygen atoms in total. The summed E-state index contributed by atoms with van der Waals surface area (Å²) >= 11 is 4.52. The zero-order valence-electron chi connectivity index (χ0n) is 14.6. The highest BCUT2D eigenvalue weighted by atomic mass is 32.1. The highest BCUT2D eigenvalue weighted by molar-refractivity contribution is 7.14. The van der Waals surface area contributed by atoms with E-state index >= 15 is 0 Å². The van der Waals surface area contributed by atoms with Crippen molar-refractivity contribution in [2.75, 3.05) is 12.4 Å². The van der Waals surface area contributed by atoms with Gasteiger partial charge in [0.2, 0.25) is 0 Å². The summed E-state index contributed by atoms with van der Waals surface area (Å²) in [5.41, 5.74) is 2.86. The average Bonchev–Trinajstić information content (AvgIpc) is 3.41. The standard InChI is InChI=1S/C17H19N5O2S3/c1-22(17(24)19-7-13-3-5-26-10-13)8-14-11-27-16(20-14)21-15(23)18-6-12-2-4-25-9-12/h2-5,9-11H,6-8H2,1H3,(H,19,24)(H2,18,20,21,23). The van der Waals surface area contributed by atoms with Gasteiger partial charge in [-0.1, -0.05) is 0 Å². The third-order valence-electron chi connectivity index (χ3n) is 3.58. The first-order chi connectivity index (χ1) is 13.1. The zero-order chi connectivity index (χ0) is 19.1. The van der Waals surface area contributed by atoms with Crippen LogP contribution in [0.1, 0.15) is 16.8 Å². The summed E-state index contributed by atoms with van der Waals surface area (Å²) in [6.45, 7) is 1.34. The molecular formula is C17H19N5O2S3. The highest BCUT2D eigenvalue weighted by Gasteiger charge is 2.12. The first kappa shape index (κ1) is 19.3. The number of nitrogens with one attached hydrogen (secondary N) is 3. The third-order valence-corrected chi connectivity index (χ3v) is 5.85. The largest absolute Gasteiger partial charge is 0.334 e. The minimum absolute atomic E-state index is 0.169. The lowest BCUT2D eigenvalue weighted by molar-refractivity contribution is 0.206. The molecule has 0 aliphatic heterocycles. The molecule has 10 heteroatoms. The van der Waals surface area contributed by atoms with E-state index in [9.17, 15) is 9.59 Å². The van der Waals surface area contributed by atoms with Gasteiger partial charge in [0, 0.05) is 25.5 Å². The van der Waals surface area contributed by atoms with Crippen molar-refractivity contribution in [3.05, 3.63) is 55.9 Å². The Labute approximate surface area is 169 Å². The molecule has 0 bridgehead atoms. The van der Waals surface area contributed by atoms with Gasteiger partial charge in [-0.25, -0.2) is 14.6 Å². The van der Waals surface area contributed by atoms with Crippen LogP contribution in [0.3, 0.4) is 0 Å². The second kappa shape index (κ2) is 9.49. The third kappa shape index (κ3) is 6.05. The maximum absolute atomic E-state index is 12.1. The maximum atomic E-state index is 12.1. The maximum Gasteiger partial charge on any atom is 0.321 e. The lowest BCUT2D eigenvalue weighted by Crippen LogP contribution is -2.36. The molecular weight excluding hydrogens is 402 g/mol. The second-order valence-electron chi connectivity index (χ2n) is 5.73. The quantitative estimate of drug-likeness (QED) is 0.540. The summed E-state index contributed by atoms with van der Waals surface area (Å²) in [6, 6.07) is 3.47. The number of urea groups is 2. The molecule has 3 N–H and O–H groups in total. The summed E-state index contributed by atoms with van der Waals surface area (Å²) < 4.78 is 0. The molecule has 0 fully saturated rings. The molecule has 0 aromatic carbocycles. The van der Waals surface area contributed by atoms with Gasteiger partial charge in [-0.15, -0.1) is 11.3 Å². The molecule has 3 aromatic rings. The van der Waals surface area contributed by atoms with Crippen LogP contribution in [0, 0.1) is 0 Å². The van der Waals surface area contributed by atoms with Crippen molar-refractivity contribution in [3.8, 4) is 0 Å². The number of nitrogens with zero attached hydrogens (tertiary/aromatic N) is 2. The van der Waals surface area contributed by atoms with Gasteiger partial charge in [-0.2, -0.15) is 22.7 Å². The van der Waals surface area contributed by atoms with E-state index in [0.29, 0.717) is 24.8 Å². The first-order valence-electron chi connectivity index (χ1n) is 8.10. The van der Waals surface area contributed by atoms with Crippen LogP contribution in [-0.2, 0) is 19.6 Å². The van der Waals surface area contributed by atoms with Crippen molar-refractivity contribution in [1.29, 1.82) is 0 Å². The molecule has 27 heavy (non-hydrogen) atoms. The minimum atomic E-state index is -0.302. The smallest absolute Gasteiger partial charge is 0.321 e. The monoisotopic (exact) mass is 421 g/mol. The Morgan fingerprint density at radius 2 is 1.70 bits per heavy atom. The van der Waals surface area contributed by atoms with Crippen molar-refractivity contribution in [1.82, 2.24) is 20.5 Å². The van der Waals surface area contributed by atoms with Crippen LogP contribution in [0.5, 0.6) is 0 Å². The number of hydrogen-bond donors (Lipinski definition) is 3. The van der Waals surface area contributed by atoms with E-state index < -0.39 is 0 Å². The van der Waals surface area contributed by atoms with Gasteiger partial charge >= 0.3 is 12.1 Å². The van der Waals surface area contributed by atoms with E-state index in [2.05, 4.69) is 20.9 Å². The second-order valence-corrected chi connectivity index (χ2v) is 8.15. The van der Waals surface area contributed by atoms with E-state index in [1.165, 1.54) is 11.3 Å². The number of carbonyl (C=O) groups excluding carboxylic acids is 2. The summed E-state index contributed by atoms with van der Waals surface area (Å²) in [5, 5.41) is 18.6. The molecule has 0 spiro atoms. The number of hydrogen-bond acceptors (Lipinski definition) is 6. The Kier molecular flexibility index (Phi) is 6.80. The summed E-state index contributed by atoms with van der Waals surface area (Å²) in [6.07, 6.45) is 0. The molecule has 0 radical (unpaired) electrons. The predicted octanol–water partition coefficient (Wildman–Crippen LogP) is 3.93. The molecule has 3 aromatic heterocycles. The minimum Gasteiger partial charge on any atom is -0.334 e. The molecule has 0 saturated heterocycles. The molecule has 4 amide bonds. The molecule has 0 unspecified atom stereocenters. The van der Waals surface area contributed by atoms with Crippen molar-refractivity contribution in [2.45, 2.75) is 19.6 Å². The van der Waals surface area contributed by atoms with E-state index in [1.807, 2.05) is 39.0 Å². The van der Waals surface area contributed by atoms with Crippen LogP contribution in [0.15, 0.2) is 39.0 Å². The summed E-state index contributed by atoms with van der Waals surface area (Å²) in [4.78, 5) is 30.0. The number of rotatable bonds is 7. The van der Waals surface area contributed by atoms with E-state index in [4.69, 9.17) is 0 Å². The van der Waals surface area contributed by atoms with Gasteiger partial charge in [0.05, 0.1) is 12.2 Å². The molecule has 0 aliphatic rings. The lowest BCUT2D eigenvalue weighted by atomic mass is 10.3.